The summed E-state index contributed by atoms with van der Waals surface area (Å²) in [7, 11) is 1.99. The Morgan fingerprint density at radius 3 is 3.00 bits per heavy atom. The van der Waals surface area contributed by atoms with Crippen LogP contribution in [-0.4, -0.2) is 28.0 Å². The van der Waals surface area contributed by atoms with Crippen molar-refractivity contribution in [3.8, 4) is 11.5 Å². The Morgan fingerprint density at radius 2 is 2.22 bits per heavy atom. The average molecular weight is 262 g/mol. The van der Waals surface area contributed by atoms with Gasteiger partial charge in [0.2, 0.25) is 0 Å². The molecule has 0 bridgehead atoms. The molecule has 1 aromatic carbocycles. The minimum atomic E-state index is 0.0709. The number of nitrogens with zero attached hydrogens (tertiary/aromatic N) is 2. The van der Waals surface area contributed by atoms with Crippen LogP contribution in [-0.2, 0) is 7.05 Å². The standard InChI is InChI=1S/C13H14N2O2S/c1-15-7-6-14-13(15)18-9-10-8-16-11-4-2-3-5-12(11)17-10/h2-7,10H,8-9H2,1H3/t10-/m1/s1. The summed E-state index contributed by atoms with van der Waals surface area (Å²) in [6, 6.07) is 7.77. The van der Waals surface area contributed by atoms with Crippen molar-refractivity contribution in [3.63, 3.8) is 0 Å². The number of hydrogen-bond donors (Lipinski definition) is 0. The molecule has 0 fully saturated rings. The van der Waals surface area contributed by atoms with Crippen molar-refractivity contribution in [1.29, 1.82) is 0 Å². The first kappa shape index (κ1) is 11.5. The van der Waals surface area contributed by atoms with E-state index in [1.54, 1.807) is 18.0 Å². The molecule has 0 spiro atoms. The highest BCUT2D eigenvalue weighted by Crippen LogP contribution is 2.32. The van der Waals surface area contributed by atoms with Gasteiger partial charge in [-0.25, -0.2) is 4.98 Å². The minimum absolute atomic E-state index is 0.0709. The van der Waals surface area contributed by atoms with E-state index in [4.69, 9.17) is 9.47 Å². The number of thioether (sulfide) groups is 1. The number of rotatable bonds is 3. The first-order chi connectivity index (χ1) is 8.83. The number of ether oxygens (including phenoxy) is 2. The van der Waals surface area contributed by atoms with Crippen molar-refractivity contribution in [2.45, 2.75) is 11.3 Å². The molecule has 0 aliphatic carbocycles. The fraction of sp³-hybridized carbons (Fsp3) is 0.308. The highest BCUT2D eigenvalue weighted by molar-refractivity contribution is 7.99. The maximum absolute atomic E-state index is 5.89. The normalized spacial score (nSPS) is 17.7. The van der Waals surface area contributed by atoms with E-state index in [2.05, 4.69) is 4.98 Å². The fourth-order valence-corrected chi connectivity index (χ4v) is 2.70. The Balaban J connectivity index is 1.61. The minimum Gasteiger partial charge on any atom is -0.486 e. The molecular formula is C13H14N2O2S. The Labute approximate surface area is 110 Å². The second-order valence-electron chi connectivity index (χ2n) is 4.13. The number of aromatic nitrogens is 2. The lowest BCUT2D eigenvalue weighted by Gasteiger charge is -2.25. The van der Waals surface area contributed by atoms with Crippen LogP contribution in [0.25, 0.3) is 0 Å². The molecule has 0 saturated carbocycles. The SMILES string of the molecule is Cn1ccnc1SC[C@H]1COc2ccccc2O1. The summed E-state index contributed by atoms with van der Waals surface area (Å²) in [4.78, 5) is 4.27. The van der Waals surface area contributed by atoms with Crippen molar-refractivity contribution in [2.24, 2.45) is 7.05 Å². The molecule has 0 saturated heterocycles. The first-order valence-electron chi connectivity index (χ1n) is 5.81. The highest BCUT2D eigenvalue weighted by atomic mass is 32.2. The summed E-state index contributed by atoms with van der Waals surface area (Å²) in [5.74, 6) is 2.49. The second-order valence-corrected chi connectivity index (χ2v) is 5.12. The largest absolute Gasteiger partial charge is 0.486 e. The van der Waals surface area contributed by atoms with Gasteiger partial charge in [-0.15, -0.1) is 0 Å². The maximum atomic E-state index is 5.89. The van der Waals surface area contributed by atoms with Crippen LogP contribution < -0.4 is 9.47 Å². The lowest BCUT2D eigenvalue weighted by molar-refractivity contribution is 0.107. The molecule has 18 heavy (non-hydrogen) atoms. The average Bonchev–Trinajstić information content (AvgIpc) is 2.82. The van der Waals surface area contributed by atoms with Crippen LogP contribution in [0.4, 0.5) is 0 Å². The van der Waals surface area contributed by atoms with Gasteiger partial charge < -0.3 is 14.0 Å². The molecule has 5 heteroatoms. The van der Waals surface area contributed by atoms with Crippen molar-refractivity contribution in [1.82, 2.24) is 9.55 Å². The molecule has 2 heterocycles. The van der Waals surface area contributed by atoms with Crippen LogP contribution in [0.2, 0.25) is 0 Å². The lowest BCUT2D eigenvalue weighted by Crippen LogP contribution is -2.31. The number of fused-ring (bicyclic) bond motifs is 1. The van der Waals surface area contributed by atoms with E-state index in [0.29, 0.717) is 6.61 Å². The van der Waals surface area contributed by atoms with Crippen molar-refractivity contribution in [2.75, 3.05) is 12.4 Å². The predicted molar refractivity (Wildman–Crippen MR) is 70.3 cm³/mol. The number of benzene rings is 1. The fourth-order valence-electron chi connectivity index (χ4n) is 1.80. The summed E-state index contributed by atoms with van der Waals surface area (Å²) in [5.41, 5.74) is 0. The predicted octanol–water partition coefficient (Wildman–Crippen LogP) is 2.35. The van der Waals surface area contributed by atoms with E-state index in [1.165, 1.54) is 0 Å². The summed E-state index contributed by atoms with van der Waals surface area (Å²) >= 11 is 1.68. The van der Waals surface area contributed by atoms with Crippen LogP contribution in [0.3, 0.4) is 0 Å². The van der Waals surface area contributed by atoms with Crippen molar-refractivity contribution >= 4 is 11.8 Å². The summed E-state index contributed by atoms with van der Waals surface area (Å²) < 4.78 is 13.6. The number of imidazole rings is 1. The smallest absolute Gasteiger partial charge is 0.167 e. The summed E-state index contributed by atoms with van der Waals surface area (Å²) in [6.45, 7) is 0.592. The first-order valence-corrected chi connectivity index (χ1v) is 6.80. The molecule has 0 unspecified atom stereocenters. The monoisotopic (exact) mass is 262 g/mol. The van der Waals surface area contributed by atoms with Crippen molar-refractivity contribution < 1.29 is 9.47 Å². The summed E-state index contributed by atoms with van der Waals surface area (Å²) in [5, 5.41) is 0.998. The van der Waals surface area contributed by atoms with Crippen LogP contribution in [0.1, 0.15) is 0 Å². The molecule has 4 nitrogen and oxygen atoms in total. The quantitative estimate of drug-likeness (QED) is 0.796. The highest BCUT2D eigenvalue weighted by Gasteiger charge is 2.21. The number of para-hydroxylation sites is 2. The summed E-state index contributed by atoms with van der Waals surface area (Å²) in [6.07, 6.45) is 3.81. The van der Waals surface area contributed by atoms with E-state index in [1.807, 2.05) is 42.1 Å². The van der Waals surface area contributed by atoms with Gasteiger partial charge in [-0.05, 0) is 12.1 Å². The van der Waals surface area contributed by atoms with Gasteiger partial charge in [0, 0.05) is 25.2 Å². The van der Waals surface area contributed by atoms with Gasteiger partial charge in [-0.1, -0.05) is 23.9 Å². The molecule has 1 aliphatic heterocycles. The topological polar surface area (TPSA) is 36.3 Å². The van der Waals surface area contributed by atoms with Crippen LogP contribution in [0, 0.1) is 0 Å². The van der Waals surface area contributed by atoms with Gasteiger partial charge in [0.25, 0.3) is 0 Å². The number of aryl methyl sites for hydroxylation is 1. The molecular weight excluding hydrogens is 248 g/mol. The molecule has 0 N–H and O–H groups in total. The zero-order valence-corrected chi connectivity index (χ0v) is 10.9. The molecule has 2 aromatic rings. The Bertz CT molecular complexity index is 541. The van der Waals surface area contributed by atoms with Crippen LogP contribution >= 0.6 is 11.8 Å². The second kappa shape index (κ2) is 4.94. The molecule has 0 amide bonds. The van der Waals surface area contributed by atoms with Gasteiger partial charge >= 0.3 is 0 Å². The van der Waals surface area contributed by atoms with E-state index in [0.717, 1.165) is 22.4 Å². The van der Waals surface area contributed by atoms with Gasteiger partial charge in [-0.2, -0.15) is 0 Å². The van der Waals surface area contributed by atoms with Gasteiger partial charge in [-0.3, -0.25) is 0 Å². The van der Waals surface area contributed by atoms with Gasteiger partial charge in [0.05, 0.1) is 0 Å². The zero-order chi connectivity index (χ0) is 12.4. The van der Waals surface area contributed by atoms with E-state index in [-0.39, 0.29) is 6.10 Å². The van der Waals surface area contributed by atoms with Crippen LogP contribution in [0.15, 0.2) is 41.8 Å². The molecule has 94 valence electrons. The van der Waals surface area contributed by atoms with E-state index < -0.39 is 0 Å². The molecule has 0 radical (unpaired) electrons. The molecule has 1 aromatic heterocycles. The van der Waals surface area contributed by atoms with E-state index in [9.17, 15) is 0 Å². The lowest BCUT2D eigenvalue weighted by atomic mass is 10.3. The Kier molecular flexibility index (Phi) is 3.15. The molecule has 3 rings (SSSR count). The van der Waals surface area contributed by atoms with Crippen molar-refractivity contribution in [3.05, 3.63) is 36.7 Å². The van der Waals surface area contributed by atoms with Crippen LogP contribution in [0.5, 0.6) is 11.5 Å². The molecule has 1 atom stereocenters. The maximum Gasteiger partial charge on any atom is 0.167 e. The van der Waals surface area contributed by atoms with E-state index >= 15 is 0 Å². The zero-order valence-electron chi connectivity index (χ0n) is 10.1. The third-order valence-corrected chi connectivity index (χ3v) is 3.93. The third kappa shape index (κ3) is 2.31. The Hall–Kier alpha value is -1.62. The van der Waals surface area contributed by atoms with Gasteiger partial charge in [0.15, 0.2) is 16.7 Å². The Morgan fingerprint density at radius 1 is 1.39 bits per heavy atom. The third-order valence-electron chi connectivity index (χ3n) is 2.74. The number of hydrogen-bond acceptors (Lipinski definition) is 4. The van der Waals surface area contributed by atoms with Gasteiger partial charge in [0.1, 0.15) is 12.7 Å². The molecule has 1 aliphatic rings.